The Morgan fingerprint density at radius 2 is 2.40 bits per heavy atom. The molecule has 6 heteroatoms. The quantitative estimate of drug-likeness (QED) is 0.449. The summed E-state index contributed by atoms with van der Waals surface area (Å²) in [7, 11) is 1.32. The van der Waals surface area contributed by atoms with Crippen LogP contribution in [0.2, 0.25) is 0 Å². The van der Waals surface area contributed by atoms with Gasteiger partial charge in [0.2, 0.25) is 0 Å². The molecule has 0 fully saturated rings. The average Bonchev–Trinajstić information content (AvgIpc) is 2.21. The van der Waals surface area contributed by atoms with Crippen LogP contribution in [-0.2, 0) is 4.79 Å². The minimum atomic E-state index is -0.732. The van der Waals surface area contributed by atoms with Crippen LogP contribution in [0.1, 0.15) is 0 Å². The lowest BCUT2D eigenvalue weighted by atomic mass is 10.3. The van der Waals surface area contributed by atoms with Crippen LogP contribution in [-0.4, -0.2) is 24.4 Å². The number of hydrogen-bond donors (Lipinski definition) is 2. The fourth-order valence-electron chi connectivity index (χ4n) is 0.982. The molecule has 1 aromatic carbocycles. The third-order valence-corrected chi connectivity index (χ3v) is 1.62. The van der Waals surface area contributed by atoms with Gasteiger partial charge in [-0.05, 0) is 12.1 Å². The summed E-state index contributed by atoms with van der Waals surface area (Å²) < 4.78 is 18.1. The first-order valence-corrected chi connectivity index (χ1v) is 4.00. The van der Waals surface area contributed by atoms with Gasteiger partial charge in [-0.1, -0.05) is 11.2 Å². The van der Waals surface area contributed by atoms with Crippen molar-refractivity contribution in [2.75, 3.05) is 12.4 Å². The maximum Gasteiger partial charge on any atom is 0.270 e. The molecule has 5 nitrogen and oxygen atoms in total. The Kier molecular flexibility index (Phi) is 3.61. The van der Waals surface area contributed by atoms with Gasteiger partial charge in [-0.2, -0.15) is 0 Å². The molecule has 0 aliphatic rings. The van der Waals surface area contributed by atoms with Crippen LogP contribution in [0.3, 0.4) is 0 Å². The molecule has 0 spiro atoms. The van der Waals surface area contributed by atoms with Gasteiger partial charge in [-0.15, -0.1) is 0 Å². The number of nitrogens with one attached hydrogen (secondary N) is 1. The maximum absolute atomic E-state index is 13.4. The summed E-state index contributed by atoms with van der Waals surface area (Å²) in [6.07, 6.45) is 0.624. The van der Waals surface area contributed by atoms with E-state index in [1.165, 1.54) is 25.3 Å². The molecule has 0 bridgehead atoms. The van der Waals surface area contributed by atoms with E-state index in [0.29, 0.717) is 6.21 Å². The van der Waals surface area contributed by atoms with Gasteiger partial charge in [0.25, 0.3) is 5.91 Å². The van der Waals surface area contributed by atoms with Crippen LogP contribution in [0.15, 0.2) is 23.4 Å². The third-order valence-electron chi connectivity index (χ3n) is 1.62. The summed E-state index contributed by atoms with van der Waals surface area (Å²) in [6.45, 7) is 0. The zero-order valence-corrected chi connectivity index (χ0v) is 7.90. The van der Waals surface area contributed by atoms with Gasteiger partial charge < -0.3 is 15.3 Å². The predicted molar refractivity (Wildman–Crippen MR) is 51.9 cm³/mol. The molecule has 0 aliphatic carbocycles. The van der Waals surface area contributed by atoms with E-state index in [0.717, 1.165) is 0 Å². The molecule has 0 saturated heterocycles. The summed E-state index contributed by atoms with van der Waals surface area (Å²) in [4.78, 5) is 10.9. The molecule has 0 aliphatic heterocycles. The molecule has 0 unspecified atom stereocenters. The number of anilines is 1. The highest BCUT2D eigenvalue weighted by atomic mass is 19.1. The Balaban J connectivity index is 2.90. The van der Waals surface area contributed by atoms with Gasteiger partial charge in [0.1, 0.15) is 6.21 Å². The molecule has 1 rings (SSSR count). The van der Waals surface area contributed by atoms with E-state index in [-0.39, 0.29) is 11.4 Å². The van der Waals surface area contributed by atoms with E-state index in [2.05, 4.69) is 10.5 Å². The number of oxime groups is 1. The Morgan fingerprint density at radius 1 is 1.67 bits per heavy atom. The van der Waals surface area contributed by atoms with Gasteiger partial charge in [-0.25, -0.2) is 4.39 Å². The van der Waals surface area contributed by atoms with Crippen molar-refractivity contribution < 1.29 is 19.1 Å². The number of rotatable bonds is 3. The van der Waals surface area contributed by atoms with Gasteiger partial charge >= 0.3 is 0 Å². The first-order valence-electron chi connectivity index (χ1n) is 4.00. The van der Waals surface area contributed by atoms with Crippen molar-refractivity contribution in [3.63, 3.8) is 0 Å². The maximum atomic E-state index is 13.4. The first-order chi connectivity index (χ1) is 7.19. The summed E-state index contributed by atoms with van der Waals surface area (Å²) in [6, 6.07) is 4.31. The Morgan fingerprint density at radius 3 is 3.00 bits per heavy atom. The van der Waals surface area contributed by atoms with Crippen molar-refractivity contribution in [1.82, 2.24) is 0 Å². The molecule has 0 aromatic heterocycles. The van der Waals surface area contributed by atoms with Crippen molar-refractivity contribution in [3.05, 3.63) is 24.0 Å². The van der Waals surface area contributed by atoms with E-state index in [1.54, 1.807) is 0 Å². The molecule has 0 atom stereocenters. The number of carbonyl (C=O) groups is 1. The van der Waals surface area contributed by atoms with Gasteiger partial charge in [0.05, 0.1) is 12.8 Å². The number of halogens is 1. The number of methoxy groups -OCH3 is 1. The van der Waals surface area contributed by atoms with Crippen molar-refractivity contribution in [3.8, 4) is 5.75 Å². The van der Waals surface area contributed by atoms with Crippen LogP contribution in [0.4, 0.5) is 10.1 Å². The number of amides is 1. The topological polar surface area (TPSA) is 70.9 Å². The van der Waals surface area contributed by atoms with Crippen LogP contribution >= 0.6 is 0 Å². The van der Waals surface area contributed by atoms with Gasteiger partial charge in [-0.3, -0.25) is 4.79 Å². The molecule has 0 heterocycles. The van der Waals surface area contributed by atoms with Gasteiger partial charge in [0, 0.05) is 0 Å². The zero-order chi connectivity index (χ0) is 11.3. The van der Waals surface area contributed by atoms with E-state index in [9.17, 15) is 9.18 Å². The molecule has 1 amide bonds. The Labute approximate surface area is 85.2 Å². The number of benzene rings is 1. The van der Waals surface area contributed by atoms with E-state index < -0.39 is 11.7 Å². The highest BCUT2D eigenvalue weighted by Gasteiger charge is 2.09. The van der Waals surface area contributed by atoms with Crippen LogP contribution in [0.25, 0.3) is 0 Å². The summed E-state index contributed by atoms with van der Waals surface area (Å²) in [5.41, 5.74) is -0.0424. The average molecular weight is 212 g/mol. The lowest BCUT2D eigenvalue weighted by Crippen LogP contribution is -2.13. The smallest absolute Gasteiger partial charge is 0.270 e. The van der Waals surface area contributed by atoms with Crippen LogP contribution in [0, 0.1) is 5.82 Å². The molecular weight excluding hydrogens is 203 g/mol. The van der Waals surface area contributed by atoms with E-state index >= 15 is 0 Å². The molecule has 15 heavy (non-hydrogen) atoms. The minimum absolute atomic E-state index is 0.0220. The van der Waals surface area contributed by atoms with Crippen molar-refractivity contribution in [2.45, 2.75) is 0 Å². The van der Waals surface area contributed by atoms with Crippen LogP contribution < -0.4 is 10.1 Å². The SMILES string of the molecule is COc1cccc(NC(=O)/C=N/O)c1F. The first kappa shape index (κ1) is 11.0. The Bertz CT molecular complexity index is 393. The van der Waals surface area contributed by atoms with Crippen molar-refractivity contribution in [2.24, 2.45) is 5.16 Å². The standard InChI is InChI=1S/C9H9FN2O3/c1-15-7-4-2-3-6(9(7)10)12-8(13)5-11-14/h2-5,14H,1H3,(H,12,13)/b11-5+. The summed E-state index contributed by atoms with van der Waals surface area (Å²) in [5, 5.41) is 12.8. The summed E-state index contributed by atoms with van der Waals surface area (Å²) >= 11 is 0. The normalized spacial score (nSPS) is 10.3. The lowest BCUT2D eigenvalue weighted by molar-refractivity contribution is -0.110. The second-order valence-corrected chi connectivity index (χ2v) is 2.56. The second-order valence-electron chi connectivity index (χ2n) is 2.56. The molecule has 0 saturated carbocycles. The second kappa shape index (κ2) is 4.94. The third kappa shape index (κ3) is 2.67. The molecule has 0 radical (unpaired) electrons. The highest BCUT2D eigenvalue weighted by molar-refractivity contribution is 6.31. The number of nitrogens with zero attached hydrogens (tertiary/aromatic N) is 1. The van der Waals surface area contributed by atoms with Crippen molar-refractivity contribution in [1.29, 1.82) is 0 Å². The number of carbonyl (C=O) groups excluding carboxylic acids is 1. The molecule has 80 valence electrons. The number of hydrogen-bond acceptors (Lipinski definition) is 4. The Hall–Kier alpha value is -2.11. The van der Waals surface area contributed by atoms with E-state index in [4.69, 9.17) is 9.94 Å². The fraction of sp³-hybridized carbons (Fsp3) is 0.111. The molecular formula is C9H9FN2O3. The van der Waals surface area contributed by atoms with Crippen LogP contribution in [0.5, 0.6) is 5.75 Å². The monoisotopic (exact) mass is 212 g/mol. The largest absolute Gasteiger partial charge is 0.494 e. The minimum Gasteiger partial charge on any atom is -0.494 e. The predicted octanol–water partition coefficient (Wildman–Crippen LogP) is 1.23. The summed E-state index contributed by atoms with van der Waals surface area (Å²) in [5.74, 6) is -1.39. The highest BCUT2D eigenvalue weighted by Crippen LogP contribution is 2.23. The molecule has 2 N–H and O–H groups in total. The lowest BCUT2D eigenvalue weighted by Gasteiger charge is -2.06. The number of ether oxygens (including phenoxy) is 1. The van der Waals surface area contributed by atoms with Gasteiger partial charge in [0.15, 0.2) is 11.6 Å². The zero-order valence-electron chi connectivity index (χ0n) is 7.90. The van der Waals surface area contributed by atoms with E-state index in [1.807, 2.05) is 0 Å². The van der Waals surface area contributed by atoms with Crippen molar-refractivity contribution >= 4 is 17.8 Å². The fourth-order valence-corrected chi connectivity index (χ4v) is 0.982. The molecule has 1 aromatic rings.